The molecule has 0 aromatic carbocycles. The van der Waals surface area contributed by atoms with Crippen LogP contribution in [-0.4, -0.2) is 39.4 Å². The highest BCUT2D eigenvalue weighted by atomic mass is 19.1. The van der Waals surface area contributed by atoms with E-state index in [1.165, 1.54) is 13.2 Å². The second-order valence-corrected chi connectivity index (χ2v) is 5.72. The van der Waals surface area contributed by atoms with Gasteiger partial charge in [-0.25, -0.2) is 18.7 Å². The molecule has 3 aromatic heterocycles. The molecule has 3 aromatic rings. The first kappa shape index (κ1) is 15.4. The third-order valence-electron chi connectivity index (χ3n) is 3.99. The SMILES string of the molecule is COc1ncc(F)cc1-c1n[nH]c2nc(NC(=O)C3CC3F)ccc12. The molecule has 2 atom stereocenters. The molecule has 1 aliphatic carbocycles. The van der Waals surface area contributed by atoms with E-state index in [9.17, 15) is 13.6 Å². The lowest BCUT2D eigenvalue weighted by Gasteiger charge is -2.06. The minimum Gasteiger partial charge on any atom is -0.481 e. The molecule has 7 nitrogen and oxygen atoms in total. The molecule has 4 rings (SSSR count). The number of pyridine rings is 2. The van der Waals surface area contributed by atoms with Crippen LogP contribution in [0.1, 0.15) is 6.42 Å². The number of aromatic nitrogens is 4. The average molecular weight is 345 g/mol. The largest absolute Gasteiger partial charge is 0.481 e. The van der Waals surface area contributed by atoms with Crippen LogP contribution in [-0.2, 0) is 4.79 Å². The number of H-pyrrole nitrogens is 1. The molecule has 3 heterocycles. The fourth-order valence-electron chi connectivity index (χ4n) is 2.59. The van der Waals surface area contributed by atoms with E-state index in [1.54, 1.807) is 12.1 Å². The molecule has 1 amide bonds. The normalized spacial score (nSPS) is 19.0. The molecule has 1 saturated carbocycles. The molecule has 25 heavy (non-hydrogen) atoms. The summed E-state index contributed by atoms with van der Waals surface area (Å²) in [6.45, 7) is 0. The molecule has 2 N–H and O–H groups in total. The first-order valence-corrected chi connectivity index (χ1v) is 7.57. The zero-order valence-corrected chi connectivity index (χ0v) is 13.1. The van der Waals surface area contributed by atoms with Crippen LogP contribution >= 0.6 is 0 Å². The minimum atomic E-state index is -1.07. The summed E-state index contributed by atoms with van der Waals surface area (Å²) in [7, 11) is 1.43. The number of alkyl halides is 1. The fourth-order valence-corrected chi connectivity index (χ4v) is 2.59. The van der Waals surface area contributed by atoms with Crippen LogP contribution < -0.4 is 10.1 Å². The second kappa shape index (κ2) is 5.76. The molecular weight excluding hydrogens is 332 g/mol. The summed E-state index contributed by atoms with van der Waals surface area (Å²) in [6, 6.07) is 4.53. The van der Waals surface area contributed by atoms with Gasteiger partial charge in [-0.15, -0.1) is 0 Å². The van der Waals surface area contributed by atoms with E-state index in [2.05, 4.69) is 25.5 Å². The lowest BCUT2D eigenvalue weighted by Crippen LogP contribution is -2.15. The van der Waals surface area contributed by atoms with Gasteiger partial charge in [0.1, 0.15) is 23.5 Å². The number of ether oxygens (including phenoxy) is 1. The molecule has 1 fully saturated rings. The number of methoxy groups -OCH3 is 1. The van der Waals surface area contributed by atoms with Crippen LogP contribution in [0.3, 0.4) is 0 Å². The highest BCUT2D eigenvalue weighted by Crippen LogP contribution is 2.35. The van der Waals surface area contributed by atoms with Gasteiger partial charge in [0, 0.05) is 5.39 Å². The van der Waals surface area contributed by atoms with Crippen LogP contribution in [0.15, 0.2) is 24.4 Å². The molecule has 0 saturated heterocycles. The molecule has 0 radical (unpaired) electrons. The summed E-state index contributed by atoms with van der Waals surface area (Å²) in [5.41, 5.74) is 1.20. The van der Waals surface area contributed by atoms with E-state index in [1.807, 2.05) is 0 Å². The van der Waals surface area contributed by atoms with Gasteiger partial charge in [0.2, 0.25) is 11.8 Å². The Balaban J connectivity index is 1.69. The number of aromatic amines is 1. The van der Waals surface area contributed by atoms with Gasteiger partial charge in [-0.1, -0.05) is 0 Å². The summed E-state index contributed by atoms with van der Waals surface area (Å²) in [5.74, 6) is -0.993. The number of carbonyl (C=O) groups excluding carboxylic acids is 1. The number of hydrogen-bond donors (Lipinski definition) is 2. The lowest BCUT2D eigenvalue weighted by atomic mass is 10.1. The maximum absolute atomic E-state index is 13.5. The summed E-state index contributed by atoms with van der Waals surface area (Å²) in [4.78, 5) is 19.9. The third kappa shape index (κ3) is 2.77. The monoisotopic (exact) mass is 345 g/mol. The van der Waals surface area contributed by atoms with Crippen LogP contribution in [0.25, 0.3) is 22.3 Å². The predicted molar refractivity (Wildman–Crippen MR) is 85.3 cm³/mol. The quantitative estimate of drug-likeness (QED) is 0.758. The van der Waals surface area contributed by atoms with E-state index in [0.29, 0.717) is 22.3 Å². The van der Waals surface area contributed by atoms with E-state index in [4.69, 9.17) is 4.74 Å². The first-order valence-electron chi connectivity index (χ1n) is 7.57. The van der Waals surface area contributed by atoms with Crippen molar-refractivity contribution in [2.45, 2.75) is 12.6 Å². The maximum Gasteiger partial charge on any atom is 0.231 e. The highest BCUT2D eigenvalue weighted by molar-refractivity contribution is 5.97. The van der Waals surface area contributed by atoms with Crippen molar-refractivity contribution in [2.75, 3.05) is 12.4 Å². The Kier molecular flexibility index (Phi) is 3.56. The molecule has 0 bridgehead atoms. The van der Waals surface area contributed by atoms with E-state index >= 15 is 0 Å². The minimum absolute atomic E-state index is 0.231. The van der Waals surface area contributed by atoms with Crippen LogP contribution in [0, 0.1) is 11.7 Å². The van der Waals surface area contributed by atoms with Crippen molar-refractivity contribution < 1.29 is 18.3 Å². The molecule has 128 valence electrons. The van der Waals surface area contributed by atoms with Crippen molar-refractivity contribution in [3.63, 3.8) is 0 Å². The zero-order chi connectivity index (χ0) is 17.6. The van der Waals surface area contributed by atoms with E-state index < -0.39 is 23.8 Å². The van der Waals surface area contributed by atoms with Crippen molar-refractivity contribution >= 4 is 22.8 Å². The summed E-state index contributed by atoms with van der Waals surface area (Å²) in [6.07, 6.45) is 0.226. The number of fused-ring (bicyclic) bond motifs is 1. The van der Waals surface area contributed by atoms with Gasteiger partial charge < -0.3 is 10.1 Å². The fraction of sp³-hybridized carbons (Fsp3) is 0.250. The van der Waals surface area contributed by atoms with Crippen molar-refractivity contribution in [2.24, 2.45) is 5.92 Å². The number of carbonyl (C=O) groups is 1. The van der Waals surface area contributed by atoms with Gasteiger partial charge in [0.25, 0.3) is 0 Å². The molecule has 2 unspecified atom stereocenters. The highest BCUT2D eigenvalue weighted by Gasteiger charge is 2.43. The lowest BCUT2D eigenvalue weighted by molar-refractivity contribution is -0.117. The Morgan fingerprint density at radius 2 is 2.24 bits per heavy atom. The summed E-state index contributed by atoms with van der Waals surface area (Å²) < 4.78 is 31.6. The smallest absolute Gasteiger partial charge is 0.231 e. The standard InChI is InChI=1S/C16H13F2N5O2/c1-25-16-10(4-7(17)6-19-16)13-8-2-3-12(20-14(8)23-22-13)21-15(24)9-5-11(9)18/h2-4,6,9,11H,5H2,1H3,(H2,20,21,22,23,24). The van der Waals surface area contributed by atoms with Crippen LogP contribution in [0.2, 0.25) is 0 Å². The zero-order valence-electron chi connectivity index (χ0n) is 13.1. The number of rotatable bonds is 4. The van der Waals surface area contributed by atoms with Crippen molar-refractivity contribution in [1.82, 2.24) is 20.2 Å². The number of nitrogens with zero attached hydrogens (tertiary/aromatic N) is 3. The van der Waals surface area contributed by atoms with Crippen LogP contribution in [0.5, 0.6) is 5.88 Å². The maximum atomic E-state index is 13.5. The van der Waals surface area contributed by atoms with Gasteiger partial charge >= 0.3 is 0 Å². The Morgan fingerprint density at radius 3 is 2.96 bits per heavy atom. The van der Waals surface area contributed by atoms with Crippen molar-refractivity contribution in [1.29, 1.82) is 0 Å². The number of halogens is 2. The van der Waals surface area contributed by atoms with E-state index in [0.717, 1.165) is 6.20 Å². The summed E-state index contributed by atoms with van der Waals surface area (Å²) >= 11 is 0. The predicted octanol–water partition coefficient (Wildman–Crippen LogP) is 2.46. The van der Waals surface area contributed by atoms with Gasteiger partial charge in [0.15, 0.2) is 5.65 Å². The molecule has 0 aliphatic heterocycles. The Morgan fingerprint density at radius 1 is 1.44 bits per heavy atom. The Hall–Kier alpha value is -3.10. The molecule has 0 spiro atoms. The Labute approximate surface area is 140 Å². The third-order valence-corrected chi connectivity index (χ3v) is 3.99. The van der Waals surface area contributed by atoms with Gasteiger partial charge in [-0.2, -0.15) is 5.10 Å². The average Bonchev–Trinajstić information content (AvgIpc) is 3.19. The van der Waals surface area contributed by atoms with Crippen molar-refractivity contribution in [3.05, 3.63) is 30.2 Å². The first-order chi connectivity index (χ1) is 12.1. The second-order valence-electron chi connectivity index (χ2n) is 5.72. The van der Waals surface area contributed by atoms with Crippen LogP contribution in [0.4, 0.5) is 14.6 Å². The summed E-state index contributed by atoms with van der Waals surface area (Å²) in [5, 5.41) is 10.1. The molecule has 1 aliphatic rings. The Bertz CT molecular complexity index is 974. The molecular formula is C16H13F2N5O2. The van der Waals surface area contributed by atoms with Crippen molar-refractivity contribution in [3.8, 4) is 17.1 Å². The number of nitrogens with one attached hydrogen (secondary N) is 2. The molecule has 9 heteroatoms. The van der Waals surface area contributed by atoms with Gasteiger partial charge in [-0.05, 0) is 24.6 Å². The number of amides is 1. The number of anilines is 1. The number of hydrogen-bond acceptors (Lipinski definition) is 5. The van der Waals surface area contributed by atoms with Gasteiger partial charge in [0.05, 0.1) is 24.8 Å². The van der Waals surface area contributed by atoms with E-state index in [-0.39, 0.29) is 18.1 Å². The topological polar surface area (TPSA) is 92.8 Å². The van der Waals surface area contributed by atoms with Gasteiger partial charge in [-0.3, -0.25) is 9.89 Å².